The summed E-state index contributed by atoms with van der Waals surface area (Å²) in [4.78, 5) is 30.9. The van der Waals surface area contributed by atoms with Crippen molar-refractivity contribution in [2.45, 2.75) is 33.4 Å². The smallest absolute Gasteiger partial charge is 0.267 e. The van der Waals surface area contributed by atoms with Crippen LogP contribution in [-0.4, -0.2) is 33.0 Å². The van der Waals surface area contributed by atoms with Crippen LogP contribution in [0.15, 0.2) is 53.5 Å². The molecule has 8 heteroatoms. The van der Waals surface area contributed by atoms with Crippen molar-refractivity contribution in [1.29, 1.82) is 5.41 Å². The highest BCUT2D eigenvalue weighted by Gasteiger charge is 2.18. The summed E-state index contributed by atoms with van der Waals surface area (Å²) in [6.45, 7) is 5.85. The van der Waals surface area contributed by atoms with Crippen molar-refractivity contribution >= 4 is 22.6 Å². The molecule has 0 atom stereocenters. The van der Waals surface area contributed by atoms with Crippen molar-refractivity contribution in [2.75, 3.05) is 7.11 Å². The number of aromatic nitrogens is 3. The molecule has 0 unspecified atom stereocenters. The van der Waals surface area contributed by atoms with Crippen molar-refractivity contribution in [3.05, 3.63) is 81.2 Å². The van der Waals surface area contributed by atoms with Gasteiger partial charge in [-0.25, -0.2) is 4.98 Å². The van der Waals surface area contributed by atoms with Crippen LogP contribution in [0.3, 0.4) is 0 Å². The zero-order valence-corrected chi connectivity index (χ0v) is 18.5. The van der Waals surface area contributed by atoms with Gasteiger partial charge in [-0.2, -0.15) is 0 Å². The first-order valence-corrected chi connectivity index (χ1v) is 10.3. The molecule has 3 heterocycles. The van der Waals surface area contributed by atoms with Crippen LogP contribution in [0, 0.1) is 12.3 Å². The fourth-order valence-corrected chi connectivity index (χ4v) is 3.68. The van der Waals surface area contributed by atoms with Crippen molar-refractivity contribution in [1.82, 2.24) is 19.3 Å². The molecule has 1 amide bonds. The Morgan fingerprint density at radius 2 is 1.91 bits per heavy atom. The van der Waals surface area contributed by atoms with Crippen LogP contribution in [0.4, 0.5) is 0 Å². The molecule has 32 heavy (non-hydrogen) atoms. The number of ether oxygens (including phenoxy) is 1. The summed E-state index contributed by atoms with van der Waals surface area (Å²) in [6, 6.07) is 12.5. The number of rotatable bonds is 5. The van der Waals surface area contributed by atoms with Crippen LogP contribution in [-0.2, 0) is 6.54 Å². The van der Waals surface area contributed by atoms with Gasteiger partial charge in [0.2, 0.25) is 0 Å². The minimum absolute atomic E-state index is 0.00342. The lowest BCUT2D eigenvalue weighted by Gasteiger charge is -2.16. The fourth-order valence-electron chi connectivity index (χ4n) is 3.68. The number of nitrogens with one attached hydrogen (secondary N) is 2. The molecule has 0 aliphatic rings. The molecule has 4 aromatic rings. The van der Waals surface area contributed by atoms with Gasteiger partial charge in [0.1, 0.15) is 22.5 Å². The Balaban J connectivity index is 2.03. The van der Waals surface area contributed by atoms with E-state index in [4.69, 9.17) is 15.1 Å². The highest BCUT2D eigenvalue weighted by atomic mass is 16.5. The van der Waals surface area contributed by atoms with E-state index in [1.807, 2.05) is 51.1 Å². The zero-order chi connectivity index (χ0) is 23.0. The first kappa shape index (κ1) is 21.3. The molecule has 0 saturated heterocycles. The molecule has 164 valence electrons. The Bertz CT molecular complexity index is 1450. The largest absolute Gasteiger partial charge is 0.497 e. The number of fused-ring (bicyclic) bond motifs is 2. The molecule has 0 fully saturated rings. The van der Waals surface area contributed by atoms with Gasteiger partial charge < -0.3 is 14.6 Å². The lowest BCUT2D eigenvalue weighted by Crippen LogP contribution is -2.37. The Kier molecular flexibility index (Phi) is 5.52. The van der Waals surface area contributed by atoms with E-state index in [0.29, 0.717) is 11.3 Å². The molecule has 8 nitrogen and oxygen atoms in total. The second-order valence-electron chi connectivity index (χ2n) is 8.01. The third kappa shape index (κ3) is 3.75. The van der Waals surface area contributed by atoms with Gasteiger partial charge in [0, 0.05) is 12.2 Å². The second-order valence-corrected chi connectivity index (χ2v) is 8.01. The van der Waals surface area contributed by atoms with Crippen molar-refractivity contribution < 1.29 is 9.53 Å². The maximum atomic E-state index is 13.3. The molecule has 0 spiro atoms. The Morgan fingerprint density at radius 1 is 1.19 bits per heavy atom. The monoisotopic (exact) mass is 431 g/mol. The SMILES string of the molecule is COc1ccc(Cn2c(=N)c(C(=O)NC(C)C)cc3c(=O)n4cccc(C)c4nc32)cc1. The molecular formula is C24H25N5O3. The number of hydrogen-bond donors (Lipinski definition) is 2. The average molecular weight is 431 g/mol. The number of carbonyl (C=O) groups excluding carboxylic acids is 1. The molecule has 0 aliphatic heterocycles. The minimum Gasteiger partial charge on any atom is -0.497 e. The molecule has 0 aliphatic carbocycles. The van der Waals surface area contributed by atoms with Gasteiger partial charge >= 0.3 is 0 Å². The van der Waals surface area contributed by atoms with E-state index in [9.17, 15) is 9.59 Å². The first-order valence-electron chi connectivity index (χ1n) is 10.3. The molecule has 2 N–H and O–H groups in total. The normalized spacial score (nSPS) is 11.3. The van der Waals surface area contributed by atoms with Crippen LogP contribution >= 0.6 is 0 Å². The maximum Gasteiger partial charge on any atom is 0.267 e. The molecule has 0 bridgehead atoms. The summed E-state index contributed by atoms with van der Waals surface area (Å²) in [5.74, 6) is 0.321. The van der Waals surface area contributed by atoms with Gasteiger partial charge in [-0.05, 0) is 56.2 Å². The fraction of sp³-hybridized carbons (Fsp3) is 0.250. The number of amides is 1. The highest BCUT2D eigenvalue weighted by Crippen LogP contribution is 2.16. The van der Waals surface area contributed by atoms with E-state index in [-0.39, 0.29) is 34.6 Å². The third-order valence-electron chi connectivity index (χ3n) is 5.30. The summed E-state index contributed by atoms with van der Waals surface area (Å²) in [6.07, 6.45) is 1.66. The number of hydrogen-bond acceptors (Lipinski definition) is 5. The standard InChI is InChI=1S/C24H25N5O3/c1-14(2)26-23(30)18-12-19-22(27-21-15(3)6-5-11-28(21)24(19)31)29(20(18)25)13-16-7-9-17(32-4)10-8-16/h5-12,14,25H,13H2,1-4H3,(H,26,30). The lowest BCUT2D eigenvalue weighted by molar-refractivity contribution is 0.0940. The van der Waals surface area contributed by atoms with E-state index >= 15 is 0 Å². The van der Waals surface area contributed by atoms with E-state index in [1.54, 1.807) is 23.9 Å². The Morgan fingerprint density at radius 3 is 2.56 bits per heavy atom. The molecule has 3 aromatic heterocycles. The van der Waals surface area contributed by atoms with Crippen LogP contribution in [0.2, 0.25) is 0 Å². The van der Waals surface area contributed by atoms with Gasteiger partial charge in [0.15, 0.2) is 0 Å². The lowest BCUT2D eigenvalue weighted by atomic mass is 10.1. The summed E-state index contributed by atoms with van der Waals surface area (Å²) in [5.41, 5.74) is 2.46. The average Bonchev–Trinajstić information content (AvgIpc) is 2.76. The molecular weight excluding hydrogens is 406 g/mol. The van der Waals surface area contributed by atoms with Crippen LogP contribution in [0.1, 0.15) is 35.3 Å². The molecule has 1 aromatic carbocycles. The maximum absolute atomic E-state index is 13.3. The van der Waals surface area contributed by atoms with E-state index in [1.165, 1.54) is 10.5 Å². The summed E-state index contributed by atoms with van der Waals surface area (Å²) >= 11 is 0. The minimum atomic E-state index is -0.399. The molecule has 0 radical (unpaired) electrons. The second kappa shape index (κ2) is 8.30. The summed E-state index contributed by atoms with van der Waals surface area (Å²) in [7, 11) is 1.60. The number of benzene rings is 1. The zero-order valence-electron chi connectivity index (χ0n) is 18.5. The third-order valence-corrected chi connectivity index (χ3v) is 5.30. The quantitative estimate of drug-likeness (QED) is 0.474. The van der Waals surface area contributed by atoms with Crippen LogP contribution < -0.4 is 21.1 Å². The number of methoxy groups -OCH3 is 1. The predicted octanol–water partition coefficient (Wildman–Crippen LogP) is 2.63. The predicted molar refractivity (Wildman–Crippen MR) is 122 cm³/mol. The van der Waals surface area contributed by atoms with Crippen molar-refractivity contribution in [2.24, 2.45) is 0 Å². The topological polar surface area (TPSA) is 101 Å². The van der Waals surface area contributed by atoms with Gasteiger partial charge in [-0.15, -0.1) is 0 Å². The Hall–Kier alpha value is -3.94. The first-order chi connectivity index (χ1) is 15.3. The highest BCUT2D eigenvalue weighted by molar-refractivity contribution is 5.97. The van der Waals surface area contributed by atoms with E-state index in [2.05, 4.69) is 5.32 Å². The van der Waals surface area contributed by atoms with Gasteiger partial charge in [-0.1, -0.05) is 18.2 Å². The van der Waals surface area contributed by atoms with E-state index in [0.717, 1.165) is 16.9 Å². The van der Waals surface area contributed by atoms with Crippen LogP contribution in [0.25, 0.3) is 16.7 Å². The summed E-state index contributed by atoms with van der Waals surface area (Å²) < 4.78 is 8.31. The van der Waals surface area contributed by atoms with Gasteiger partial charge in [-0.3, -0.25) is 19.4 Å². The van der Waals surface area contributed by atoms with Gasteiger partial charge in [0.05, 0.1) is 24.6 Å². The molecule has 0 saturated carbocycles. The van der Waals surface area contributed by atoms with E-state index < -0.39 is 5.91 Å². The van der Waals surface area contributed by atoms with Crippen molar-refractivity contribution in [3.63, 3.8) is 0 Å². The van der Waals surface area contributed by atoms with Crippen LogP contribution in [0.5, 0.6) is 5.75 Å². The van der Waals surface area contributed by atoms with Gasteiger partial charge in [0.25, 0.3) is 11.5 Å². The number of carbonyl (C=O) groups is 1. The van der Waals surface area contributed by atoms with Crippen molar-refractivity contribution in [3.8, 4) is 5.75 Å². The number of nitrogens with zero attached hydrogens (tertiary/aromatic N) is 3. The Labute approximate surface area is 184 Å². The number of pyridine rings is 2. The number of aryl methyl sites for hydroxylation is 1. The summed E-state index contributed by atoms with van der Waals surface area (Å²) in [5, 5.41) is 11.9. The molecule has 4 rings (SSSR count).